The Kier molecular flexibility index (Phi) is 4.93. The highest BCUT2D eigenvalue weighted by atomic mass is 16.6. The van der Waals surface area contributed by atoms with E-state index in [1.165, 1.54) is 0 Å². The van der Waals surface area contributed by atoms with Crippen molar-refractivity contribution in [2.24, 2.45) is 5.16 Å². The minimum Gasteiger partial charge on any atom is -0.382 e. The molecular weight excluding hydrogens is 354 g/mol. The van der Waals surface area contributed by atoms with Crippen LogP contribution in [0.3, 0.4) is 0 Å². The largest absolute Gasteiger partial charge is 0.382 e. The lowest BCUT2D eigenvalue weighted by Gasteiger charge is -2.10. The third kappa shape index (κ3) is 3.81. The number of oxime groups is 1. The summed E-state index contributed by atoms with van der Waals surface area (Å²) in [7, 11) is 0. The molecule has 0 saturated carbocycles. The highest BCUT2D eigenvalue weighted by Crippen LogP contribution is 2.19. The van der Waals surface area contributed by atoms with Gasteiger partial charge in [-0.3, -0.25) is 14.6 Å². The van der Waals surface area contributed by atoms with Crippen LogP contribution in [0.5, 0.6) is 0 Å². The van der Waals surface area contributed by atoms with Crippen LogP contribution in [0.1, 0.15) is 27.9 Å². The molecule has 2 aromatic carbocycles. The number of hydrogen-bond acceptors (Lipinski definition) is 5. The molecule has 6 nitrogen and oxygen atoms in total. The Morgan fingerprint density at radius 1 is 0.929 bits per heavy atom. The number of carbonyl (C=O) groups is 2. The summed E-state index contributed by atoms with van der Waals surface area (Å²) in [5.41, 5.74) is 3.30. The van der Waals surface area contributed by atoms with Crippen LogP contribution in [0.15, 0.2) is 84.3 Å². The lowest BCUT2D eigenvalue weighted by Crippen LogP contribution is -2.28. The molecule has 138 valence electrons. The van der Waals surface area contributed by atoms with Crippen LogP contribution in [-0.4, -0.2) is 28.5 Å². The minimum atomic E-state index is -0.694. The van der Waals surface area contributed by atoms with Gasteiger partial charge in [0, 0.05) is 41.2 Å². The minimum absolute atomic E-state index is 0.0629. The smallest absolute Gasteiger partial charge is 0.268 e. The summed E-state index contributed by atoms with van der Waals surface area (Å²) in [6.07, 6.45) is 3.05. The Balaban J connectivity index is 1.37. The number of hydrogen-bond donors (Lipinski definition) is 1. The molecule has 1 aliphatic rings. The summed E-state index contributed by atoms with van der Waals surface area (Å²) in [4.78, 5) is 34.2. The first-order valence-corrected chi connectivity index (χ1v) is 8.84. The average molecular weight is 371 g/mol. The van der Waals surface area contributed by atoms with Crippen LogP contribution in [0.25, 0.3) is 0 Å². The summed E-state index contributed by atoms with van der Waals surface area (Å²) < 4.78 is 0. The maximum absolute atomic E-state index is 12.4. The molecule has 1 atom stereocenters. The normalized spacial score (nSPS) is 15.4. The van der Waals surface area contributed by atoms with E-state index in [2.05, 4.69) is 15.5 Å². The zero-order valence-electron chi connectivity index (χ0n) is 14.9. The molecule has 6 heteroatoms. The van der Waals surface area contributed by atoms with Crippen molar-refractivity contribution in [1.82, 2.24) is 4.98 Å². The van der Waals surface area contributed by atoms with Crippen molar-refractivity contribution in [3.63, 3.8) is 0 Å². The summed E-state index contributed by atoms with van der Waals surface area (Å²) in [6.45, 7) is 0. The number of ketones is 1. The lowest BCUT2D eigenvalue weighted by atomic mass is 10.0. The standard InChI is InChI=1S/C22H17N3O3/c26-21(15-5-2-1-3-6-15)16-8-10-18(11-9-16)24-22(27)20-13-19(25-28-20)17-7-4-12-23-14-17/h1-12,14,20H,13H2,(H,24,27)/t20-/m1/s1. The van der Waals surface area contributed by atoms with Crippen molar-refractivity contribution in [3.05, 3.63) is 95.8 Å². The second-order valence-electron chi connectivity index (χ2n) is 6.34. The SMILES string of the molecule is O=C(c1ccccc1)c1ccc(NC(=O)[C@H]2CC(c3cccnc3)=NO2)cc1. The molecule has 1 amide bonds. The Hall–Kier alpha value is -3.80. The maximum atomic E-state index is 12.4. The summed E-state index contributed by atoms with van der Waals surface area (Å²) >= 11 is 0. The Morgan fingerprint density at radius 3 is 2.39 bits per heavy atom. The third-order valence-corrected chi connectivity index (χ3v) is 4.41. The van der Waals surface area contributed by atoms with Crippen LogP contribution >= 0.6 is 0 Å². The number of benzene rings is 2. The van der Waals surface area contributed by atoms with Gasteiger partial charge in [-0.25, -0.2) is 0 Å². The zero-order valence-corrected chi connectivity index (χ0v) is 14.9. The summed E-state index contributed by atoms with van der Waals surface area (Å²) in [6, 6.07) is 19.5. The van der Waals surface area contributed by atoms with Gasteiger partial charge in [0.2, 0.25) is 6.10 Å². The fraction of sp³-hybridized carbons (Fsp3) is 0.0909. The van der Waals surface area contributed by atoms with E-state index in [4.69, 9.17) is 4.84 Å². The van der Waals surface area contributed by atoms with Gasteiger partial charge in [-0.1, -0.05) is 35.5 Å². The molecule has 1 aromatic heterocycles. The number of anilines is 1. The molecule has 0 unspecified atom stereocenters. The zero-order chi connectivity index (χ0) is 19.3. The van der Waals surface area contributed by atoms with Gasteiger partial charge in [0.1, 0.15) is 0 Å². The van der Waals surface area contributed by atoms with Crippen molar-refractivity contribution in [1.29, 1.82) is 0 Å². The van der Waals surface area contributed by atoms with E-state index in [0.717, 1.165) is 5.56 Å². The second-order valence-corrected chi connectivity index (χ2v) is 6.34. The summed E-state index contributed by atoms with van der Waals surface area (Å²) in [5, 5.41) is 6.79. The molecular formula is C22H17N3O3. The molecule has 0 saturated heterocycles. The predicted octanol–water partition coefficient (Wildman–Crippen LogP) is 3.44. The van der Waals surface area contributed by atoms with Crippen molar-refractivity contribution in [2.75, 3.05) is 5.32 Å². The fourth-order valence-corrected chi connectivity index (χ4v) is 2.91. The first kappa shape index (κ1) is 17.6. The van der Waals surface area contributed by atoms with Crippen LogP contribution in [0, 0.1) is 0 Å². The Bertz CT molecular complexity index is 1020. The van der Waals surface area contributed by atoms with E-state index >= 15 is 0 Å². The van der Waals surface area contributed by atoms with Crippen molar-refractivity contribution in [2.45, 2.75) is 12.5 Å². The van der Waals surface area contributed by atoms with E-state index in [-0.39, 0.29) is 11.7 Å². The van der Waals surface area contributed by atoms with Gasteiger partial charge in [-0.2, -0.15) is 0 Å². The van der Waals surface area contributed by atoms with E-state index in [0.29, 0.717) is 28.9 Å². The van der Waals surface area contributed by atoms with Gasteiger partial charge in [-0.05, 0) is 36.4 Å². The average Bonchev–Trinajstić information content (AvgIpc) is 3.26. The Morgan fingerprint density at radius 2 is 1.68 bits per heavy atom. The second kappa shape index (κ2) is 7.84. The van der Waals surface area contributed by atoms with Gasteiger partial charge in [0.05, 0.1) is 5.71 Å². The van der Waals surface area contributed by atoms with Crippen LogP contribution in [0.2, 0.25) is 0 Å². The van der Waals surface area contributed by atoms with Gasteiger partial charge in [-0.15, -0.1) is 0 Å². The number of rotatable bonds is 5. The number of amides is 1. The first-order valence-electron chi connectivity index (χ1n) is 8.84. The van der Waals surface area contributed by atoms with Gasteiger partial charge < -0.3 is 10.2 Å². The molecule has 0 bridgehead atoms. The first-order chi connectivity index (χ1) is 13.7. The quantitative estimate of drug-likeness (QED) is 0.697. The molecule has 28 heavy (non-hydrogen) atoms. The van der Waals surface area contributed by atoms with Crippen molar-refractivity contribution >= 4 is 23.1 Å². The Labute approximate surface area is 161 Å². The number of aromatic nitrogens is 1. The van der Waals surface area contributed by atoms with Crippen LogP contribution < -0.4 is 5.32 Å². The topological polar surface area (TPSA) is 80.7 Å². The molecule has 4 rings (SSSR count). The van der Waals surface area contributed by atoms with Crippen molar-refractivity contribution in [3.8, 4) is 0 Å². The molecule has 0 radical (unpaired) electrons. The van der Waals surface area contributed by atoms with E-state index in [1.807, 2.05) is 30.3 Å². The third-order valence-electron chi connectivity index (χ3n) is 4.41. The number of nitrogens with one attached hydrogen (secondary N) is 1. The van der Waals surface area contributed by atoms with E-state index in [1.54, 1.807) is 48.8 Å². The molecule has 0 spiro atoms. The predicted molar refractivity (Wildman–Crippen MR) is 105 cm³/mol. The molecule has 0 fully saturated rings. The number of pyridine rings is 1. The van der Waals surface area contributed by atoms with Crippen LogP contribution in [0.4, 0.5) is 5.69 Å². The van der Waals surface area contributed by atoms with Crippen molar-refractivity contribution < 1.29 is 14.4 Å². The molecule has 1 aliphatic heterocycles. The molecule has 1 N–H and O–H groups in total. The van der Waals surface area contributed by atoms with Gasteiger partial charge in [0.15, 0.2) is 5.78 Å². The molecule has 3 aromatic rings. The highest BCUT2D eigenvalue weighted by Gasteiger charge is 2.29. The van der Waals surface area contributed by atoms with E-state index < -0.39 is 6.10 Å². The molecule has 0 aliphatic carbocycles. The fourth-order valence-electron chi connectivity index (χ4n) is 2.91. The van der Waals surface area contributed by atoms with E-state index in [9.17, 15) is 9.59 Å². The number of carbonyl (C=O) groups excluding carboxylic acids is 2. The van der Waals surface area contributed by atoms with Gasteiger partial charge in [0.25, 0.3) is 5.91 Å². The lowest BCUT2D eigenvalue weighted by molar-refractivity contribution is -0.125. The monoisotopic (exact) mass is 371 g/mol. The molecule has 2 heterocycles. The van der Waals surface area contributed by atoms with Crippen LogP contribution in [-0.2, 0) is 9.63 Å². The number of nitrogens with zero attached hydrogens (tertiary/aromatic N) is 2. The maximum Gasteiger partial charge on any atom is 0.268 e. The van der Waals surface area contributed by atoms with Gasteiger partial charge >= 0.3 is 0 Å². The summed E-state index contributed by atoms with van der Waals surface area (Å²) in [5.74, 6) is -0.350. The highest BCUT2D eigenvalue weighted by molar-refractivity contribution is 6.09.